The Morgan fingerprint density at radius 3 is 2.93 bits per heavy atom. The molecule has 0 spiro atoms. The second kappa shape index (κ2) is 5.78. The van der Waals surface area contributed by atoms with Gasteiger partial charge < -0.3 is 10.6 Å². The van der Waals surface area contributed by atoms with Crippen molar-refractivity contribution in [3.8, 4) is 0 Å². The molecule has 4 heteroatoms. The molecule has 1 aromatic heterocycles. The molecule has 3 nitrogen and oxygen atoms in total. The van der Waals surface area contributed by atoms with Gasteiger partial charge in [0.05, 0.1) is 13.1 Å². The summed E-state index contributed by atoms with van der Waals surface area (Å²) in [5, 5.41) is 7.80. The third-order valence-corrected chi connectivity index (χ3v) is 2.90. The van der Waals surface area contributed by atoms with Crippen LogP contribution in [0.2, 0.25) is 0 Å². The molecule has 2 N–H and O–H groups in total. The Hall–Kier alpha value is -0.870. The molecule has 0 saturated heterocycles. The summed E-state index contributed by atoms with van der Waals surface area (Å²) in [7, 11) is 1.76. The van der Waals surface area contributed by atoms with Crippen molar-refractivity contribution in [2.24, 2.45) is 0 Å². The van der Waals surface area contributed by atoms with Gasteiger partial charge in [0, 0.05) is 4.88 Å². The highest BCUT2D eigenvalue weighted by atomic mass is 32.1. The number of rotatable bonds is 5. The van der Waals surface area contributed by atoms with E-state index in [9.17, 15) is 4.79 Å². The average molecular weight is 212 g/mol. The van der Waals surface area contributed by atoms with Crippen molar-refractivity contribution in [1.29, 1.82) is 0 Å². The predicted molar refractivity (Wildman–Crippen MR) is 59.5 cm³/mol. The van der Waals surface area contributed by atoms with E-state index < -0.39 is 0 Å². The number of carbonyl (C=O) groups is 1. The molecule has 1 aromatic rings. The lowest BCUT2D eigenvalue weighted by Gasteiger charge is -2.01. The van der Waals surface area contributed by atoms with E-state index in [-0.39, 0.29) is 5.91 Å². The monoisotopic (exact) mass is 212 g/mol. The fourth-order valence-electron chi connectivity index (χ4n) is 1.11. The zero-order chi connectivity index (χ0) is 10.4. The van der Waals surface area contributed by atoms with Crippen molar-refractivity contribution < 1.29 is 4.79 Å². The first-order valence-corrected chi connectivity index (χ1v) is 5.61. The maximum absolute atomic E-state index is 11.1. The minimum Gasteiger partial charge on any atom is -0.350 e. The van der Waals surface area contributed by atoms with Crippen molar-refractivity contribution in [3.05, 3.63) is 21.9 Å². The summed E-state index contributed by atoms with van der Waals surface area (Å²) in [6.45, 7) is 3.16. The smallest absolute Gasteiger partial charge is 0.234 e. The van der Waals surface area contributed by atoms with Crippen LogP contribution in [0, 0.1) is 0 Å². The van der Waals surface area contributed by atoms with Crippen LogP contribution in [0.4, 0.5) is 0 Å². The number of likely N-dealkylation sites (N-methyl/N-ethyl adjacent to an activating group) is 1. The van der Waals surface area contributed by atoms with Crippen LogP contribution in [-0.4, -0.2) is 19.5 Å². The van der Waals surface area contributed by atoms with Crippen LogP contribution in [0.5, 0.6) is 0 Å². The second-order valence-electron chi connectivity index (χ2n) is 3.08. The minimum absolute atomic E-state index is 0.0407. The maximum atomic E-state index is 11.1. The van der Waals surface area contributed by atoms with E-state index in [2.05, 4.69) is 29.0 Å². The molecule has 0 aliphatic rings. The standard InChI is InChI=1S/C10H16N2OS/c1-3-8-4-9(14-7-8)5-12-10(13)6-11-2/h4,7,11H,3,5-6H2,1-2H3,(H,12,13). The van der Waals surface area contributed by atoms with Gasteiger partial charge in [0.2, 0.25) is 5.91 Å². The van der Waals surface area contributed by atoms with Gasteiger partial charge in [0.15, 0.2) is 0 Å². The Balaban J connectivity index is 2.34. The number of hydrogen-bond acceptors (Lipinski definition) is 3. The van der Waals surface area contributed by atoms with Crippen molar-refractivity contribution >= 4 is 17.2 Å². The number of thiophene rings is 1. The van der Waals surface area contributed by atoms with E-state index in [0.717, 1.165) is 6.42 Å². The van der Waals surface area contributed by atoms with E-state index in [1.807, 2.05) is 0 Å². The molecule has 0 aliphatic heterocycles. The van der Waals surface area contributed by atoms with Gasteiger partial charge in [-0.1, -0.05) is 6.92 Å². The summed E-state index contributed by atoms with van der Waals surface area (Å²) in [4.78, 5) is 12.3. The Labute approximate surface area is 88.5 Å². The third kappa shape index (κ3) is 3.47. The van der Waals surface area contributed by atoms with Gasteiger partial charge in [0.1, 0.15) is 0 Å². The average Bonchev–Trinajstić information content (AvgIpc) is 2.63. The molecule has 1 heterocycles. The molecular weight excluding hydrogens is 196 g/mol. The third-order valence-electron chi connectivity index (χ3n) is 1.91. The number of amides is 1. The predicted octanol–water partition coefficient (Wildman–Crippen LogP) is 1.15. The number of aryl methyl sites for hydroxylation is 1. The Kier molecular flexibility index (Phi) is 4.62. The lowest BCUT2D eigenvalue weighted by Crippen LogP contribution is -2.31. The van der Waals surface area contributed by atoms with Crippen LogP contribution in [0.3, 0.4) is 0 Å². The molecule has 0 aliphatic carbocycles. The van der Waals surface area contributed by atoms with E-state index >= 15 is 0 Å². The van der Waals surface area contributed by atoms with Gasteiger partial charge in [0.25, 0.3) is 0 Å². The fourth-order valence-corrected chi connectivity index (χ4v) is 2.03. The summed E-state index contributed by atoms with van der Waals surface area (Å²) < 4.78 is 0. The molecule has 1 amide bonds. The lowest BCUT2D eigenvalue weighted by atomic mass is 10.2. The molecule has 0 bridgehead atoms. The lowest BCUT2D eigenvalue weighted by molar-refractivity contribution is -0.120. The van der Waals surface area contributed by atoms with E-state index in [0.29, 0.717) is 13.1 Å². The van der Waals surface area contributed by atoms with Crippen LogP contribution in [0.15, 0.2) is 11.4 Å². The first-order chi connectivity index (χ1) is 6.76. The number of nitrogens with one attached hydrogen (secondary N) is 2. The van der Waals surface area contributed by atoms with Crippen molar-refractivity contribution in [3.63, 3.8) is 0 Å². The first-order valence-electron chi connectivity index (χ1n) is 4.73. The molecule has 0 fully saturated rings. The van der Waals surface area contributed by atoms with E-state index in [4.69, 9.17) is 0 Å². The Bertz CT molecular complexity index is 296. The summed E-state index contributed by atoms with van der Waals surface area (Å²) in [6, 6.07) is 2.14. The van der Waals surface area contributed by atoms with Gasteiger partial charge in [-0.15, -0.1) is 11.3 Å². The van der Waals surface area contributed by atoms with Gasteiger partial charge in [-0.05, 0) is 30.5 Å². The van der Waals surface area contributed by atoms with Crippen LogP contribution >= 0.6 is 11.3 Å². The molecule has 78 valence electrons. The van der Waals surface area contributed by atoms with Crippen molar-refractivity contribution in [2.75, 3.05) is 13.6 Å². The highest BCUT2D eigenvalue weighted by molar-refractivity contribution is 7.10. The largest absolute Gasteiger partial charge is 0.350 e. The summed E-state index contributed by atoms with van der Waals surface area (Å²) in [5.41, 5.74) is 1.34. The minimum atomic E-state index is 0.0407. The van der Waals surface area contributed by atoms with Crippen LogP contribution < -0.4 is 10.6 Å². The molecule has 0 saturated carbocycles. The van der Waals surface area contributed by atoms with Gasteiger partial charge in [-0.2, -0.15) is 0 Å². The van der Waals surface area contributed by atoms with Gasteiger partial charge in [-0.3, -0.25) is 4.79 Å². The summed E-state index contributed by atoms with van der Waals surface area (Å²) in [6.07, 6.45) is 1.06. The van der Waals surface area contributed by atoms with Gasteiger partial charge >= 0.3 is 0 Å². The molecule has 0 unspecified atom stereocenters. The van der Waals surface area contributed by atoms with E-state index in [1.54, 1.807) is 18.4 Å². The quantitative estimate of drug-likeness (QED) is 0.768. The summed E-state index contributed by atoms with van der Waals surface area (Å²) in [5.74, 6) is 0.0407. The Morgan fingerprint density at radius 2 is 2.36 bits per heavy atom. The molecule has 0 atom stereocenters. The first kappa shape index (κ1) is 11.2. The molecule has 0 radical (unpaired) electrons. The Morgan fingerprint density at radius 1 is 1.57 bits per heavy atom. The van der Waals surface area contributed by atoms with E-state index in [1.165, 1.54) is 10.4 Å². The highest BCUT2D eigenvalue weighted by Gasteiger charge is 2.01. The molecule has 0 aromatic carbocycles. The van der Waals surface area contributed by atoms with Gasteiger partial charge in [-0.25, -0.2) is 0 Å². The van der Waals surface area contributed by atoms with Crippen molar-refractivity contribution in [2.45, 2.75) is 19.9 Å². The number of hydrogen-bond donors (Lipinski definition) is 2. The summed E-state index contributed by atoms with van der Waals surface area (Å²) >= 11 is 1.70. The van der Waals surface area contributed by atoms with Crippen LogP contribution in [0.25, 0.3) is 0 Å². The highest BCUT2D eigenvalue weighted by Crippen LogP contribution is 2.14. The second-order valence-corrected chi connectivity index (χ2v) is 4.08. The molecular formula is C10H16N2OS. The van der Waals surface area contributed by atoms with Crippen LogP contribution in [0.1, 0.15) is 17.4 Å². The molecule has 1 rings (SSSR count). The SMILES string of the molecule is CCc1csc(CNC(=O)CNC)c1. The zero-order valence-electron chi connectivity index (χ0n) is 8.59. The molecule has 14 heavy (non-hydrogen) atoms. The number of carbonyl (C=O) groups excluding carboxylic acids is 1. The zero-order valence-corrected chi connectivity index (χ0v) is 9.41. The topological polar surface area (TPSA) is 41.1 Å². The van der Waals surface area contributed by atoms with Crippen LogP contribution in [-0.2, 0) is 17.8 Å². The fraction of sp³-hybridized carbons (Fsp3) is 0.500. The normalized spacial score (nSPS) is 10.1. The van der Waals surface area contributed by atoms with Crippen molar-refractivity contribution in [1.82, 2.24) is 10.6 Å². The maximum Gasteiger partial charge on any atom is 0.234 e.